The summed E-state index contributed by atoms with van der Waals surface area (Å²) in [5.74, 6) is -0.709. The van der Waals surface area contributed by atoms with Gasteiger partial charge in [-0.05, 0) is 46.3 Å². The van der Waals surface area contributed by atoms with E-state index in [0.717, 1.165) is 25.8 Å². The van der Waals surface area contributed by atoms with Crippen LogP contribution in [0.4, 0.5) is 0 Å². The molecule has 0 aromatic rings. The first-order chi connectivity index (χ1) is 7.05. The van der Waals surface area contributed by atoms with Gasteiger partial charge in [-0.3, -0.25) is 4.79 Å². The molecule has 0 spiro atoms. The van der Waals surface area contributed by atoms with E-state index >= 15 is 0 Å². The van der Waals surface area contributed by atoms with E-state index in [4.69, 9.17) is 0 Å². The summed E-state index contributed by atoms with van der Waals surface area (Å²) in [5, 5.41) is 12.3. The van der Waals surface area contributed by atoms with Crippen LogP contribution in [0, 0.1) is 0 Å². The molecule has 15 heavy (non-hydrogen) atoms. The van der Waals surface area contributed by atoms with Crippen molar-refractivity contribution in [2.45, 2.75) is 44.2 Å². The van der Waals surface area contributed by atoms with Crippen molar-refractivity contribution >= 4 is 5.97 Å². The van der Waals surface area contributed by atoms with Gasteiger partial charge in [0.05, 0.1) is 0 Å². The Balaban J connectivity index is 2.72. The van der Waals surface area contributed by atoms with Gasteiger partial charge in [-0.15, -0.1) is 0 Å². The van der Waals surface area contributed by atoms with Crippen molar-refractivity contribution in [3.8, 4) is 0 Å². The van der Waals surface area contributed by atoms with Gasteiger partial charge in [0, 0.05) is 6.04 Å². The highest BCUT2D eigenvalue weighted by atomic mass is 16.4. The third-order valence-corrected chi connectivity index (χ3v) is 3.74. The molecule has 1 aliphatic rings. The number of aliphatic carboxylic acids is 1. The normalized spacial score (nSPS) is 31.9. The summed E-state index contributed by atoms with van der Waals surface area (Å²) in [4.78, 5) is 13.5. The number of carboxylic acid groups (broad SMARTS) is 1. The average molecular weight is 214 g/mol. The van der Waals surface area contributed by atoms with Crippen LogP contribution in [0.5, 0.6) is 0 Å². The fourth-order valence-corrected chi connectivity index (χ4v) is 2.41. The molecule has 1 fully saturated rings. The second-order valence-electron chi connectivity index (χ2n) is 4.46. The summed E-state index contributed by atoms with van der Waals surface area (Å²) in [6.07, 6.45) is 3.55. The first kappa shape index (κ1) is 12.5. The number of nitrogens with one attached hydrogen (secondary N) is 1. The van der Waals surface area contributed by atoms with Crippen molar-refractivity contribution in [1.82, 2.24) is 10.2 Å². The van der Waals surface area contributed by atoms with Crippen LogP contribution in [-0.2, 0) is 4.79 Å². The molecular weight excluding hydrogens is 192 g/mol. The first-order valence-electron chi connectivity index (χ1n) is 5.68. The summed E-state index contributed by atoms with van der Waals surface area (Å²) in [6.45, 7) is 3.08. The van der Waals surface area contributed by atoms with Gasteiger partial charge in [0.25, 0.3) is 0 Å². The molecular formula is C11H22N2O2. The van der Waals surface area contributed by atoms with E-state index in [1.54, 1.807) is 7.05 Å². The molecule has 88 valence electrons. The predicted molar refractivity (Wildman–Crippen MR) is 60.0 cm³/mol. The monoisotopic (exact) mass is 214 g/mol. The van der Waals surface area contributed by atoms with Crippen LogP contribution in [0.2, 0.25) is 0 Å². The summed E-state index contributed by atoms with van der Waals surface area (Å²) in [7, 11) is 3.82. The van der Waals surface area contributed by atoms with Crippen LogP contribution >= 0.6 is 0 Å². The Morgan fingerprint density at radius 2 is 2.33 bits per heavy atom. The van der Waals surface area contributed by atoms with Gasteiger partial charge in [-0.1, -0.05) is 6.92 Å². The van der Waals surface area contributed by atoms with Crippen LogP contribution in [0.15, 0.2) is 0 Å². The molecule has 1 aliphatic carbocycles. The molecule has 0 aliphatic heterocycles. The van der Waals surface area contributed by atoms with Crippen molar-refractivity contribution in [2.75, 3.05) is 20.6 Å². The largest absolute Gasteiger partial charge is 0.480 e. The quantitative estimate of drug-likeness (QED) is 0.731. The third kappa shape index (κ3) is 2.49. The highest BCUT2D eigenvalue weighted by Gasteiger charge is 2.42. The van der Waals surface area contributed by atoms with Gasteiger partial charge >= 0.3 is 5.97 Å². The average Bonchev–Trinajstić information content (AvgIpc) is 2.27. The van der Waals surface area contributed by atoms with Crippen molar-refractivity contribution in [2.24, 2.45) is 0 Å². The van der Waals surface area contributed by atoms with Gasteiger partial charge in [0.2, 0.25) is 0 Å². The van der Waals surface area contributed by atoms with Crippen molar-refractivity contribution in [1.29, 1.82) is 0 Å². The second kappa shape index (κ2) is 4.94. The maximum absolute atomic E-state index is 11.3. The van der Waals surface area contributed by atoms with Gasteiger partial charge in [-0.25, -0.2) is 0 Å². The van der Waals surface area contributed by atoms with Crippen LogP contribution < -0.4 is 5.32 Å². The zero-order valence-corrected chi connectivity index (χ0v) is 9.92. The summed E-state index contributed by atoms with van der Waals surface area (Å²) in [6, 6.07) is 0.396. The van der Waals surface area contributed by atoms with Crippen molar-refractivity contribution in [3.63, 3.8) is 0 Å². The number of carboxylic acids is 1. The molecule has 0 heterocycles. The molecule has 0 radical (unpaired) electrons. The van der Waals surface area contributed by atoms with Crippen LogP contribution in [0.1, 0.15) is 32.6 Å². The summed E-state index contributed by atoms with van der Waals surface area (Å²) in [5.41, 5.74) is -0.702. The standard InChI is InChI=1S/C11H22N2O2/c1-4-13(3)9-6-5-7-11(8-9,12-2)10(14)15/h9,12H,4-8H2,1-3H3,(H,14,15). The SMILES string of the molecule is CCN(C)C1CCCC(NC)(C(=O)O)C1. The number of likely N-dealkylation sites (N-methyl/N-ethyl adjacent to an activating group) is 1. The lowest BCUT2D eigenvalue weighted by Crippen LogP contribution is -2.56. The topological polar surface area (TPSA) is 52.6 Å². The lowest BCUT2D eigenvalue weighted by molar-refractivity contribution is -0.147. The molecule has 2 unspecified atom stereocenters. The Morgan fingerprint density at radius 1 is 1.67 bits per heavy atom. The molecule has 0 bridgehead atoms. The number of hydrogen-bond acceptors (Lipinski definition) is 3. The van der Waals surface area contributed by atoms with Crippen LogP contribution in [-0.4, -0.2) is 48.2 Å². The Bertz CT molecular complexity index is 233. The van der Waals surface area contributed by atoms with Gasteiger partial charge < -0.3 is 15.3 Å². The first-order valence-corrected chi connectivity index (χ1v) is 5.68. The maximum atomic E-state index is 11.3. The van der Waals surface area contributed by atoms with E-state index in [1.807, 2.05) is 0 Å². The maximum Gasteiger partial charge on any atom is 0.323 e. The molecule has 4 nitrogen and oxygen atoms in total. The minimum atomic E-state index is -0.709. The molecule has 0 amide bonds. The minimum absolute atomic E-state index is 0.396. The zero-order chi connectivity index (χ0) is 11.5. The van der Waals surface area contributed by atoms with Crippen molar-refractivity contribution < 1.29 is 9.90 Å². The van der Waals surface area contributed by atoms with Gasteiger partial charge in [0.15, 0.2) is 0 Å². The second-order valence-corrected chi connectivity index (χ2v) is 4.46. The molecule has 4 heteroatoms. The Morgan fingerprint density at radius 3 is 2.80 bits per heavy atom. The minimum Gasteiger partial charge on any atom is -0.480 e. The van der Waals surface area contributed by atoms with E-state index in [9.17, 15) is 9.90 Å². The fraction of sp³-hybridized carbons (Fsp3) is 0.909. The Hall–Kier alpha value is -0.610. The fourth-order valence-electron chi connectivity index (χ4n) is 2.41. The predicted octanol–water partition coefficient (Wildman–Crippen LogP) is 0.923. The molecule has 0 aromatic carbocycles. The smallest absolute Gasteiger partial charge is 0.323 e. The van der Waals surface area contributed by atoms with Gasteiger partial charge in [-0.2, -0.15) is 0 Å². The lowest BCUT2D eigenvalue weighted by atomic mass is 9.78. The molecule has 0 saturated heterocycles. The van der Waals surface area contributed by atoms with E-state index in [2.05, 4.69) is 24.2 Å². The molecule has 1 rings (SSSR count). The molecule has 1 saturated carbocycles. The van der Waals surface area contributed by atoms with Crippen LogP contribution in [0.25, 0.3) is 0 Å². The number of hydrogen-bond donors (Lipinski definition) is 2. The van der Waals surface area contributed by atoms with E-state index in [1.165, 1.54) is 0 Å². The van der Waals surface area contributed by atoms with E-state index < -0.39 is 11.5 Å². The molecule has 2 N–H and O–H groups in total. The highest BCUT2D eigenvalue weighted by molar-refractivity contribution is 5.79. The van der Waals surface area contributed by atoms with Crippen LogP contribution in [0.3, 0.4) is 0 Å². The Labute approximate surface area is 91.6 Å². The summed E-state index contributed by atoms with van der Waals surface area (Å²) < 4.78 is 0. The van der Waals surface area contributed by atoms with Crippen molar-refractivity contribution in [3.05, 3.63) is 0 Å². The zero-order valence-electron chi connectivity index (χ0n) is 9.92. The summed E-state index contributed by atoms with van der Waals surface area (Å²) >= 11 is 0. The molecule has 0 aromatic heterocycles. The third-order valence-electron chi connectivity index (χ3n) is 3.74. The van der Waals surface area contributed by atoms with E-state index in [-0.39, 0.29) is 0 Å². The lowest BCUT2D eigenvalue weighted by Gasteiger charge is -2.40. The molecule has 2 atom stereocenters. The highest BCUT2D eigenvalue weighted by Crippen LogP contribution is 2.30. The number of carbonyl (C=O) groups is 1. The van der Waals surface area contributed by atoms with Gasteiger partial charge in [0.1, 0.15) is 5.54 Å². The number of rotatable bonds is 4. The van der Waals surface area contributed by atoms with E-state index in [0.29, 0.717) is 12.5 Å². The Kier molecular flexibility index (Phi) is 4.11. The number of nitrogens with zero attached hydrogens (tertiary/aromatic N) is 1.